The van der Waals surface area contributed by atoms with E-state index in [0.29, 0.717) is 25.9 Å². The lowest BCUT2D eigenvalue weighted by molar-refractivity contribution is -0.142. The molecule has 28 heavy (non-hydrogen) atoms. The normalized spacial score (nSPS) is 16.6. The third-order valence-corrected chi connectivity index (χ3v) is 6.05. The summed E-state index contributed by atoms with van der Waals surface area (Å²) in [7, 11) is 0. The second kappa shape index (κ2) is 8.43. The van der Waals surface area contributed by atoms with Crippen molar-refractivity contribution in [3.05, 3.63) is 58.0 Å². The molecule has 1 fully saturated rings. The fraction of sp³-hybridized carbons (Fsp3) is 0.455. The van der Waals surface area contributed by atoms with Gasteiger partial charge in [-0.15, -0.1) is 11.3 Å². The Labute approximate surface area is 169 Å². The molecule has 0 saturated carbocycles. The number of amides is 2. The zero-order chi connectivity index (χ0) is 20.3. The van der Waals surface area contributed by atoms with E-state index in [1.807, 2.05) is 43.2 Å². The molecule has 1 N–H and O–H groups in total. The molecule has 1 unspecified atom stereocenters. The zero-order valence-electron chi connectivity index (χ0n) is 16.6. The van der Waals surface area contributed by atoms with Crippen molar-refractivity contribution < 1.29 is 14.0 Å². The summed E-state index contributed by atoms with van der Waals surface area (Å²) >= 11 is 1.56. The summed E-state index contributed by atoms with van der Waals surface area (Å²) in [6.45, 7) is 6.97. The van der Waals surface area contributed by atoms with E-state index in [1.54, 1.807) is 23.5 Å². The molecule has 1 atom stereocenters. The van der Waals surface area contributed by atoms with Crippen molar-refractivity contribution in [2.75, 3.05) is 13.1 Å². The number of hydrogen-bond acceptors (Lipinski definition) is 3. The average molecular weight is 403 g/mol. The predicted octanol–water partition coefficient (Wildman–Crippen LogP) is 4.38. The topological polar surface area (TPSA) is 49.4 Å². The Balaban J connectivity index is 1.67. The molecule has 150 valence electrons. The lowest BCUT2D eigenvalue weighted by atomic mass is 9.90. The van der Waals surface area contributed by atoms with Crippen LogP contribution in [0.4, 0.5) is 4.39 Å². The number of piperidine rings is 1. The van der Waals surface area contributed by atoms with Crippen LogP contribution < -0.4 is 5.32 Å². The molecule has 3 rings (SSSR count). The van der Waals surface area contributed by atoms with E-state index in [-0.39, 0.29) is 29.6 Å². The van der Waals surface area contributed by atoms with E-state index in [2.05, 4.69) is 5.32 Å². The summed E-state index contributed by atoms with van der Waals surface area (Å²) in [5.74, 6) is -0.289. The fourth-order valence-corrected chi connectivity index (χ4v) is 4.31. The Morgan fingerprint density at radius 1 is 1.14 bits per heavy atom. The van der Waals surface area contributed by atoms with Gasteiger partial charge in [0.05, 0.1) is 6.04 Å². The largest absolute Gasteiger partial charge is 0.344 e. The molecule has 0 bridgehead atoms. The van der Waals surface area contributed by atoms with Gasteiger partial charge in [-0.3, -0.25) is 9.59 Å². The number of likely N-dealkylation sites (tertiary alicyclic amines) is 1. The Hall–Kier alpha value is -2.21. The first-order valence-electron chi connectivity index (χ1n) is 9.64. The maximum absolute atomic E-state index is 13.3. The van der Waals surface area contributed by atoms with Gasteiger partial charge in [0.2, 0.25) is 11.8 Å². The minimum absolute atomic E-state index is 0.00872. The number of thiophene rings is 1. The molecule has 4 nitrogen and oxygen atoms in total. The summed E-state index contributed by atoms with van der Waals surface area (Å²) < 4.78 is 13.3. The van der Waals surface area contributed by atoms with E-state index >= 15 is 0 Å². The lowest BCUT2D eigenvalue weighted by Crippen LogP contribution is -2.47. The van der Waals surface area contributed by atoms with Crippen LogP contribution in [0.2, 0.25) is 0 Å². The molecule has 1 aromatic heterocycles. The average Bonchev–Trinajstić information content (AvgIpc) is 3.20. The van der Waals surface area contributed by atoms with Crippen LogP contribution >= 0.6 is 11.3 Å². The zero-order valence-corrected chi connectivity index (χ0v) is 17.4. The molecule has 1 aliphatic heterocycles. The van der Waals surface area contributed by atoms with Crippen LogP contribution in [0.25, 0.3) is 0 Å². The number of hydrogen-bond donors (Lipinski definition) is 1. The van der Waals surface area contributed by atoms with E-state index in [1.165, 1.54) is 12.1 Å². The van der Waals surface area contributed by atoms with Gasteiger partial charge in [0.1, 0.15) is 5.82 Å². The van der Waals surface area contributed by atoms with Gasteiger partial charge >= 0.3 is 0 Å². The van der Waals surface area contributed by atoms with Crippen LogP contribution in [0.1, 0.15) is 50.1 Å². The molecule has 2 aromatic rings. The second-order valence-corrected chi connectivity index (χ2v) is 9.30. The first kappa shape index (κ1) is 20.5. The summed E-state index contributed by atoms with van der Waals surface area (Å²) in [5.41, 5.74) is 0.458. The number of carbonyl (C=O) groups excluding carboxylic acids is 2. The van der Waals surface area contributed by atoms with Gasteiger partial charge in [-0.2, -0.15) is 0 Å². The van der Waals surface area contributed by atoms with Crippen molar-refractivity contribution in [3.8, 4) is 0 Å². The third kappa shape index (κ3) is 4.79. The van der Waals surface area contributed by atoms with Crippen LogP contribution in [0.15, 0.2) is 41.8 Å². The number of benzene rings is 1. The molecule has 0 aliphatic carbocycles. The monoisotopic (exact) mass is 402 g/mol. The van der Waals surface area contributed by atoms with Gasteiger partial charge in [0, 0.05) is 29.3 Å². The van der Waals surface area contributed by atoms with Gasteiger partial charge in [-0.05, 0) is 42.0 Å². The first-order valence-corrected chi connectivity index (χ1v) is 10.5. The molecule has 6 heteroatoms. The van der Waals surface area contributed by atoms with Crippen LogP contribution in [0.5, 0.6) is 0 Å². The summed E-state index contributed by atoms with van der Waals surface area (Å²) in [6.07, 6.45) is 1.32. The standard InChI is InChI=1S/C22H27FN2O2S/c1-22(2,3)21(27)25-12-10-16(11-13-25)20(26)24-19(18-5-4-14-28-18)15-6-8-17(23)9-7-15/h4-9,14,16,19H,10-13H2,1-3H3,(H,24,26). The van der Waals surface area contributed by atoms with Crippen LogP contribution in [-0.4, -0.2) is 29.8 Å². The van der Waals surface area contributed by atoms with Crippen molar-refractivity contribution in [2.45, 2.75) is 39.7 Å². The van der Waals surface area contributed by atoms with Crippen molar-refractivity contribution >= 4 is 23.2 Å². The highest BCUT2D eigenvalue weighted by molar-refractivity contribution is 7.10. The summed E-state index contributed by atoms with van der Waals surface area (Å²) in [4.78, 5) is 28.2. The summed E-state index contributed by atoms with van der Waals surface area (Å²) in [6, 6.07) is 9.89. The fourth-order valence-electron chi connectivity index (χ4n) is 3.51. The number of nitrogens with one attached hydrogen (secondary N) is 1. The van der Waals surface area contributed by atoms with Crippen LogP contribution in [0.3, 0.4) is 0 Å². The minimum Gasteiger partial charge on any atom is -0.344 e. The van der Waals surface area contributed by atoms with Gasteiger partial charge in [0.15, 0.2) is 0 Å². The van der Waals surface area contributed by atoms with E-state index in [9.17, 15) is 14.0 Å². The number of nitrogens with zero attached hydrogens (tertiary/aromatic N) is 1. The highest BCUT2D eigenvalue weighted by Crippen LogP contribution is 2.28. The molecule has 1 aromatic carbocycles. The second-order valence-electron chi connectivity index (χ2n) is 8.33. The number of rotatable bonds is 4. The predicted molar refractivity (Wildman–Crippen MR) is 109 cm³/mol. The lowest BCUT2D eigenvalue weighted by Gasteiger charge is -2.35. The van der Waals surface area contributed by atoms with Gasteiger partial charge in [0.25, 0.3) is 0 Å². The van der Waals surface area contributed by atoms with Crippen molar-refractivity contribution in [3.63, 3.8) is 0 Å². The SMILES string of the molecule is CC(C)(C)C(=O)N1CCC(C(=O)NC(c2ccc(F)cc2)c2cccs2)CC1. The minimum atomic E-state index is -0.401. The molecule has 0 radical (unpaired) electrons. The number of carbonyl (C=O) groups is 2. The molecule has 1 saturated heterocycles. The van der Waals surface area contributed by atoms with Crippen LogP contribution in [-0.2, 0) is 9.59 Å². The first-order chi connectivity index (χ1) is 13.3. The molecule has 1 aliphatic rings. The van der Waals surface area contributed by atoms with E-state index < -0.39 is 5.41 Å². The Morgan fingerprint density at radius 3 is 2.32 bits per heavy atom. The maximum Gasteiger partial charge on any atom is 0.227 e. The van der Waals surface area contributed by atoms with Gasteiger partial charge in [-0.25, -0.2) is 4.39 Å². The number of halogens is 1. The Morgan fingerprint density at radius 2 is 1.79 bits per heavy atom. The van der Waals surface area contributed by atoms with E-state index in [4.69, 9.17) is 0 Å². The summed E-state index contributed by atoms with van der Waals surface area (Å²) in [5, 5.41) is 5.11. The quantitative estimate of drug-likeness (QED) is 0.825. The molecule has 2 heterocycles. The maximum atomic E-state index is 13.3. The third-order valence-electron chi connectivity index (χ3n) is 5.11. The molecular weight excluding hydrogens is 375 g/mol. The van der Waals surface area contributed by atoms with Gasteiger partial charge in [-0.1, -0.05) is 39.0 Å². The molecule has 0 spiro atoms. The van der Waals surface area contributed by atoms with Gasteiger partial charge < -0.3 is 10.2 Å². The Kier molecular flexibility index (Phi) is 6.18. The molecule has 2 amide bonds. The highest BCUT2D eigenvalue weighted by Gasteiger charge is 2.33. The van der Waals surface area contributed by atoms with Crippen molar-refractivity contribution in [1.29, 1.82) is 0 Å². The smallest absolute Gasteiger partial charge is 0.227 e. The highest BCUT2D eigenvalue weighted by atomic mass is 32.1. The van der Waals surface area contributed by atoms with Crippen molar-refractivity contribution in [1.82, 2.24) is 10.2 Å². The molecular formula is C22H27FN2O2S. The Bertz CT molecular complexity index is 804. The van der Waals surface area contributed by atoms with Crippen LogP contribution in [0, 0.1) is 17.2 Å². The van der Waals surface area contributed by atoms with Crippen molar-refractivity contribution in [2.24, 2.45) is 11.3 Å². The van der Waals surface area contributed by atoms with E-state index in [0.717, 1.165) is 10.4 Å².